The van der Waals surface area contributed by atoms with Crippen molar-refractivity contribution in [3.63, 3.8) is 0 Å². The summed E-state index contributed by atoms with van der Waals surface area (Å²) >= 11 is 0. The van der Waals surface area contributed by atoms with Crippen LogP contribution in [0.1, 0.15) is 0 Å². The highest BCUT2D eigenvalue weighted by molar-refractivity contribution is 5.95. The van der Waals surface area contributed by atoms with E-state index < -0.39 is 29.7 Å². The van der Waals surface area contributed by atoms with E-state index in [0.717, 1.165) is 23.1 Å². The van der Waals surface area contributed by atoms with E-state index in [1.165, 1.54) is 11.1 Å². The summed E-state index contributed by atoms with van der Waals surface area (Å²) in [6.45, 7) is 0.157. The first-order valence-electron chi connectivity index (χ1n) is 7.36. The molecule has 132 valence electrons. The molecule has 0 aromatic heterocycles. The molecule has 3 amide bonds. The van der Waals surface area contributed by atoms with Gasteiger partial charge >= 0.3 is 6.09 Å². The summed E-state index contributed by atoms with van der Waals surface area (Å²) in [7, 11) is 0. The molecule has 0 spiro atoms. The summed E-state index contributed by atoms with van der Waals surface area (Å²) in [4.78, 5) is 36.3. The molecule has 0 unspecified atom stereocenters. The van der Waals surface area contributed by atoms with Gasteiger partial charge in [-0.25, -0.2) is 13.6 Å². The molecule has 2 aliphatic rings. The van der Waals surface area contributed by atoms with Gasteiger partial charge in [-0.1, -0.05) is 0 Å². The molecule has 1 atom stereocenters. The standard InChI is InChI=1S/C15H14F2N4O4/c16-9-5-8(21-7-11(14(18)23)25-15(21)24)6-10(17)13(9)20-3-1-12(22)19-2-4-20/h1,3,5-6,11H,2,4,7H2,(H2,18,23)(H,19,22)/t11-/m1/s1. The lowest BCUT2D eigenvalue weighted by Crippen LogP contribution is -2.32. The fourth-order valence-electron chi connectivity index (χ4n) is 2.58. The Kier molecular flexibility index (Phi) is 4.26. The molecule has 3 N–H and O–H groups in total. The number of carbonyl (C=O) groups excluding carboxylic acids is 3. The number of hydrogen-bond acceptors (Lipinski definition) is 5. The Morgan fingerprint density at radius 2 is 1.96 bits per heavy atom. The molecule has 1 fully saturated rings. The van der Waals surface area contributed by atoms with Gasteiger partial charge in [0.2, 0.25) is 5.91 Å². The predicted molar refractivity (Wildman–Crippen MR) is 82.7 cm³/mol. The molecule has 0 aliphatic carbocycles. The van der Waals surface area contributed by atoms with Gasteiger partial charge in [0.15, 0.2) is 17.7 Å². The average Bonchev–Trinajstić information content (AvgIpc) is 2.81. The van der Waals surface area contributed by atoms with Crippen molar-refractivity contribution in [3.8, 4) is 0 Å². The number of ether oxygens (including phenoxy) is 1. The second-order valence-electron chi connectivity index (χ2n) is 5.44. The number of rotatable bonds is 3. The quantitative estimate of drug-likeness (QED) is 0.810. The summed E-state index contributed by atoms with van der Waals surface area (Å²) in [5, 5.41) is 2.54. The zero-order chi connectivity index (χ0) is 18.1. The van der Waals surface area contributed by atoms with Crippen LogP contribution in [0.25, 0.3) is 0 Å². The number of nitrogens with one attached hydrogen (secondary N) is 1. The largest absolute Gasteiger partial charge is 0.434 e. The number of halogens is 2. The van der Waals surface area contributed by atoms with E-state index in [0.29, 0.717) is 0 Å². The van der Waals surface area contributed by atoms with Crippen LogP contribution in [0.15, 0.2) is 24.4 Å². The van der Waals surface area contributed by atoms with Crippen molar-refractivity contribution in [1.82, 2.24) is 5.32 Å². The molecular formula is C15H14F2N4O4. The first kappa shape index (κ1) is 16.7. The van der Waals surface area contributed by atoms with E-state index >= 15 is 0 Å². The van der Waals surface area contributed by atoms with E-state index in [-0.39, 0.29) is 36.9 Å². The Bertz CT molecular complexity index is 760. The molecule has 2 aliphatic heterocycles. The second-order valence-corrected chi connectivity index (χ2v) is 5.44. The van der Waals surface area contributed by atoms with Crippen LogP contribution >= 0.6 is 0 Å². The number of hydrogen-bond donors (Lipinski definition) is 2. The van der Waals surface area contributed by atoms with Crippen molar-refractivity contribution in [2.75, 3.05) is 29.4 Å². The highest BCUT2D eigenvalue weighted by atomic mass is 19.1. The van der Waals surface area contributed by atoms with Crippen molar-refractivity contribution in [1.29, 1.82) is 0 Å². The lowest BCUT2D eigenvalue weighted by Gasteiger charge is -2.22. The van der Waals surface area contributed by atoms with E-state index in [4.69, 9.17) is 10.5 Å². The number of anilines is 2. The van der Waals surface area contributed by atoms with Crippen LogP contribution in [0.2, 0.25) is 0 Å². The monoisotopic (exact) mass is 352 g/mol. The maximum Gasteiger partial charge on any atom is 0.415 e. The highest BCUT2D eigenvalue weighted by Crippen LogP contribution is 2.31. The number of nitrogens with zero attached hydrogens (tertiary/aromatic N) is 2. The summed E-state index contributed by atoms with van der Waals surface area (Å²) in [5.74, 6) is -3.06. The number of nitrogens with two attached hydrogens (primary N) is 1. The van der Waals surface area contributed by atoms with Crippen molar-refractivity contribution < 1.29 is 27.9 Å². The Hall–Kier alpha value is -3.17. The van der Waals surface area contributed by atoms with Crippen molar-refractivity contribution in [3.05, 3.63) is 36.0 Å². The van der Waals surface area contributed by atoms with Crippen LogP contribution < -0.4 is 20.9 Å². The zero-order valence-corrected chi connectivity index (χ0v) is 12.9. The van der Waals surface area contributed by atoms with Crippen molar-refractivity contribution in [2.45, 2.75) is 6.10 Å². The smallest absolute Gasteiger partial charge is 0.415 e. The third-order valence-corrected chi connectivity index (χ3v) is 3.79. The molecule has 1 aromatic carbocycles. The summed E-state index contributed by atoms with van der Waals surface area (Å²) in [6, 6.07) is 1.91. The first-order valence-corrected chi connectivity index (χ1v) is 7.36. The van der Waals surface area contributed by atoms with Crippen LogP contribution in [-0.4, -0.2) is 43.6 Å². The Morgan fingerprint density at radius 1 is 1.28 bits per heavy atom. The first-order chi connectivity index (χ1) is 11.9. The lowest BCUT2D eigenvalue weighted by molar-refractivity contribution is -0.124. The van der Waals surface area contributed by atoms with Gasteiger partial charge < -0.3 is 20.7 Å². The Labute approximate surface area is 140 Å². The molecule has 0 saturated carbocycles. The molecule has 10 heteroatoms. The lowest BCUT2D eigenvalue weighted by atomic mass is 10.2. The van der Waals surface area contributed by atoms with Gasteiger partial charge in [0, 0.05) is 37.5 Å². The number of cyclic esters (lactones) is 1. The van der Waals surface area contributed by atoms with Crippen molar-refractivity contribution >= 4 is 29.3 Å². The van der Waals surface area contributed by atoms with Crippen LogP contribution in [0, 0.1) is 11.6 Å². The highest BCUT2D eigenvalue weighted by Gasteiger charge is 2.36. The maximum absolute atomic E-state index is 14.5. The van der Waals surface area contributed by atoms with Crippen LogP contribution in [0.5, 0.6) is 0 Å². The Balaban J connectivity index is 1.90. The fraction of sp³-hybridized carbons (Fsp3) is 0.267. The molecular weight excluding hydrogens is 338 g/mol. The predicted octanol–water partition coefficient (Wildman–Crippen LogP) is 0.225. The SMILES string of the molecule is NC(=O)[C@H]1CN(c2cc(F)c(N3C=CC(=O)NCC3)c(F)c2)C(=O)O1. The molecule has 1 saturated heterocycles. The van der Waals surface area contributed by atoms with Crippen LogP contribution in [-0.2, 0) is 14.3 Å². The number of amides is 3. The minimum absolute atomic E-state index is 0.0968. The minimum Gasteiger partial charge on any atom is -0.434 e. The third kappa shape index (κ3) is 3.23. The van der Waals surface area contributed by atoms with Gasteiger partial charge in [0.05, 0.1) is 12.2 Å². The fourth-order valence-corrected chi connectivity index (χ4v) is 2.58. The molecule has 1 aromatic rings. The van der Waals surface area contributed by atoms with Gasteiger partial charge in [-0.2, -0.15) is 0 Å². The second kappa shape index (κ2) is 6.38. The number of carbonyl (C=O) groups is 3. The van der Waals surface area contributed by atoms with E-state index in [2.05, 4.69) is 5.32 Å². The van der Waals surface area contributed by atoms with Crippen molar-refractivity contribution in [2.24, 2.45) is 5.73 Å². The maximum atomic E-state index is 14.5. The molecule has 3 rings (SSSR count). The van der Waals surface area contributed by atoms with Gasteiger partial charge in [0.25, 0.3) is 5.91 Å². The molecule has 25 heavy (non-hydrogen) atoms. The van der Waals surface area contributed by atoms with Gasteiger partial charge in [0.1, 0.15) is 5.69 Å². The van der Waals surface area contributed by atoms with E-state index in [1.54, 1.807) is 0 Å². The number of primary amides is 1. The van der Waals surface area contributed by atoms with Crippen LogP contribution in [0.4, 0.5) is 25.0 Å². The summed E-state index contributed by atoms with van der Waals surface area (Å²) in [5.41, 5.74) is 4.62. The van der Waals surface area contributed by atoms with E-state index in [1.807, 2.05) is 0 Å². The van der Waals surface area contributed by atoms with Gasteiger partial charge in [-0.3, -0.25) is 14.5 Å². The van der Waals surface area contributed by atoms with E-state index in [9.17, 15) is 23.2 Å². The van der Waals surface area contributed by atoms with Gasteiger partial charge in [-0.05, 0) is 0 Å². The third-order valence-electron chi connectivity index (χ3n) is 3.79. The topological polar surface area (TPSA) is 105 Å². The molecule has 0 bridgehead atoms. The van der Waals surface area contributed by atoms with Crippen LogP contribution in [0.3, 0.4) is 0 Å². The minimum atomic E-state index is -1.18. The zero-order valence-electron chi connectivity index (χ0n) is 12.9. The molecule has 2 heterocycles. The normalized spacial score (nSPS) is 20.3. The molecule has 8 nitrogen and oxygen atoms in total. The average molecular weight is 352 g/mol. The van der Waals surface area contributed by atoms with Gasteiger partial charge in [-0.15, -0.1) is 0 Å². The summed E-state index contributed by atoms with van der Waals surface area (Å²) in [6.07, 6.45) is 0.343. The Morgan fingerprint density at radius 3 is 2.56 bits per heavy atom. The molecule has 0 radical (unpaired) electrons. The summed E-state index contributed by atoms with van der Waals surface area (Å²) < 4.78 is 33.7. The number of benzene rings is 1.